The van der Waals surface area contributed by atoms with Crippen LogP contribution < -0.4 is 10.2 Å². The molecular weight excluding hydrogens is 446 g/mol. The third kappa shape index (κ3) is 6.06. The molecule has 1 heterocycles. The largest absolute Gasteiger partial charge is 0.488 e. The van der Waals surface area contributed by atoms with Crippen LogP contribution in [0.2, 0.25) is 0 Å². The number of rotatable bonds is 8. The van der Waals surface area contributed by atoms with Crippen LogP contribution in [0.25, 0.3) is 0 Å². The SMILES string of the molecule is O=C(NN=Cc1ccccc1OCc1ccccc1)c1ccc(CN2CCc3ccccc3C2)cc1. The van der Waals surface area contributed by atoms with E-state index in [1.54, 1.807) is 6.21 Å². The zero-order chi connectivity index (χ0) is 24.6. The number of carbonyl (C=O) groups excluding carboxylic acids is 1. The number of nitrogens with zero attached hydrogens (tertiary/aromatic N) is 2. The standard InChI is InChI=1S/C31H29N3O2/c35-31(33-32-20-28-11-6-7-13-30(28)36-23-25-8-2-1-3-9-25)27-16-14-24(15-17-27)21-34-19-18-26-10-4-5-12-29(26)22-34/h1-17,20H,18-19,21-23H2,(H,33,35). The summed E-state index contributed by atoms with van der Waals surface area (Å²) in [5.74, 6) is 0.469. The van der Waals surface area contributed by atoms with E-state index in [0.29, 0.717) is 17.9 Å². The van der Waals surface area contributed by atoms with Crippen molar-refractivity contribution in [1.29, 1.82) is 0 Å². The van der Waals surface area contributed by atoms with Gasteiger partial charge < -0.3 is 4.74 Å². The number of para-hydroxylation sites is 1. The Kier molecular flexibility index (Phi) is 7.49. The van der Waals surface area contributed by atoms with Gasteiger partial charge in [-0.05, 0) is 52.9 Å². The van der Waals surface area contributed by atoms with Crippen molar-refractivity contribution in [2.45, 2.75) is 26.1 Å². The Hall–Kier alpha value is -4.22. The zero-order valence-electron chi connectivity index (χ0n) is 20.1. The fourth-order valence-electron chi connectivity index (χ4n) is 4.39. The number of nitrogens with one attached hydrogen (secondary N) is 1. The lowest BCUT2D eigenvalue weighted by Crippen LogP contribution is -2.30. The summed E-state index contributed by atoms with van der Waals surface area (Å²) in [4.78, 5) is 15.0. The molecule has 5 heteroatoms. The van der Waals surface area contributed by atoms with Crippen LogP contribution in [0.15, 0.2) is 108 Å². The Balaban J connectivity index is 1.14. The van der Waals surface area contributed by atoms with Gasteiger partial charge in [0, 0.05) is 30.8 Å². The number of benzene rings is 4. The molecule has 5 rings (SSSR count). The predicted octanol–water partition coefficient (Wildman–Crippen LogP) is 5.59. The molecule has 0 atom stereocenters. The number of hydrazone groups is 1. The van der Waals surface area contributed by atoms with Gasteiger partial charge in [0.2, 0.25) is 0 Å². The summed E-state index contributed by atoms with van der Waals surface area (Å²) in [6.45, 7) is 3.34. The van der Waals surface area contributed by atoms with Crippen LogP contribution in [0.1, 0.15) is 38.2 Å². The monoisotopic (exact) mass is 475 g/mol. The molecule has 5 nitrogen and oxygen atoms in total. The van der Waals surface area contributed by atoms with Crippen molar-refractivity contribution in [3.8, 4) is 5.75 Å². The summed E-state index contributed by atoms with van der Waals surface area (Å²) in [6, 6.07) is 34.0. The lowest BCUT2D eigenvalue weighted by molar-refractivity contribution is 0.0955. The molecule has 1 aliphatic heterocycles. The smallest absolute Gasteiger partial charge is 0.271 e. The van der Waals surface area contributed by atoms with Crippen molar-refractivity contribution in [1.82, 2.24) is 10.3 Å². The van der Waals surface area contributed by atoms with E-state index in [-0.39, 0.29) is 5.91 Å². The van der Waals surface area contributed by atoms with Crippen LogP contribution in [0.4, 0.5) is 0 Å². The first-order chi connectivity index (χ1) is 17.7. The summed E-state index contributed by atoms with van der Waals surface area (Å²) in [6.07, 6.45) is 2.69. The number of fused-ring (bicyclic) bond motifs is 1. The molecule has 0 aromatic heterocycles. The van der Waals surface area contributed by atoms with E-state index in [4.69, 9.17) is 4.74 Å². The average molecular weight is 476 g/mol. The van der Waals surface area contributed by atoms with Crippen LogP contribution in [-0.2, 0) is 26.1 Å². The molecule has 1 amide bonds. The van der Waals surface area contributed by atoms with E-state index in [9.17, 15) is 4.79 Å². The third-order valence-corrected chi connectivity index (χ3v) is 6.36. The van der Waals surface area contributed by atoms with Gasteiger partial charge in [0.25, 0.3) is 5.91 Å². The molecule has 1 N–H and O–H groups in total. The van der Waals surface area contributed by atoms with Gasteiger partial charge >= 0.3 is 0 Å². The summed E-state index contributed by atoms with van der Waals surface area (Å²) in [7, 11) is 0. The van der Waals surface area contributed by atoms with Gasteiger partial charge in [0.15, 0.2) is 0 Å². The van der Waals surface area contributed by atoms with Crippen molar-refractivity contribution in [2.75, 3.05) is 6.54 Å². The second kappa shape index (κ2) is 11.5. The van der Waals surface area contributed by atoms with Crippen LogP contribution in [0.3, 0.4) is 0 Å². The lowest BCUT2D eigenvalue weighted by atomic mass is 9.99. The van der Waals surface area contributed by atoms with Crippen LogP contribution in [-0.4, -0.2) is 23.6 Å². The first-order valence-corrected chi connectivity index (χ1v) is 12.2. The highest BCUT2D eigenvalue weighted by atomic mass is 16.5. The van der Waals surface area contributed by atoms with Gasteiger partial charge in [-0.2, -0.15) is 5.10 Å². The van der Waals surface area contributed by atoms with Crippen LogP contribution in [0, 0.1) is 0 Å². The van der Waals surface area contributed by atoms with Crippen LogP contribution in [0.5, 0.6) is 5.75 Å². The Morgan fingerprint density at radius 3 is 2.39 bits per heavy atom. The second-order valence-electron chi connectivity index (χ2n) is 8.94. The maximum atomic E-state index is 12.6. The number of hydrogen-bond acceptors (Lipinski definition) is 4. The van der Waals surface area contributed by atoms with Gasteiger partial charge in [-0.3, -0.25) is 9.69 Å². The molecule has 4 aromatic carbocycles. The van der Waals surface area contributed by atoms with Gasteiger partial charge in [0.05, 0.1) is 6.21 Å². The average Bonchev–Trinajstić information content (AvgIpc) is 2.93. The number of amides is 1. The van der Waals surface area contributed by atoms with Crippen molar-refractivity contribution in [3.05, 3.63) is 137 Å². The Labute approximate surface area is 212 Å². The van der Waals surface area contributed by atoms with Crippen molar-refractivity contribution in [3.63, 3.8) is 0 Å². The molecule has 0 bridgehead atoms. The summed E-state index contributed by atoms with van der Waals surface area (Å²) < 4.78 is 5.95. The molecule has 180 valence electrons. The predicted molar refractivity (Wildman–Crippen MR) is 143 cm³/mol. The normalized spacial score (nSPS) is 13.3. The highest BCUT2D eigenvalue weighted by Crippen LogP contribution is 2.21. The molecule has 0 saturated carbocycles. The lowest BCUT2D eigenvalue weighted by Gasteiger charge is -2.28. The first kappa shape index (κ1) is 23.5. The fourth-order valence-corrected chi connectivity index (χ4v) is 4.39. The summed E-state index contributed by atoms with van der Waals surface area (Å²) in [5, 5.41) is 4.16. The maximum Gasteiger partial charge on any atom is 0.271 e. The van der Waals surface area contributed by atoms with Crippen molar-refractivity contribution >= 4 is 12.1 Å². The van der Waals surface area contributed by atoms with Crippen LogP contribution >= 0.6 is 0 Å². The minimum Gasteiger partial charge on any atom is -0.488 e. The molecule has 0 radical (unpaired) electrons. The molecule has 0 unspecified atom stereocenters. The topological polar surface area (TPSA) is 53.9 Å². The van der Waals surface area contributed by atoms with Crippen molar-refractivity contribution in [2.24, 2.45) is 5.10 Å². The highest BCUT2D eigenvalue weighted by Gasteiger charge is 2.16. The molecule has 36 heavy (non-hydrogen) atoms. The van der Waals surface area contributed by atoms with E-state index < -0.39 is 0 Å². The van der Waals surface area contributed by atoms with E-state index in [2.05, 4.69) is 39.7 Å². The fraction of sp³-hybridized carbons (Fsp3) is 0.161. The highest BCUT2D eigenvalue weighted by molar-refractivity contribution is 5.95. The summed E-state index contributed by atoms with van der Waals surface area (Å²) >= 11 is 0. The molecule has 1 aliphatic rings. The van der Waals surface area contributed by atoms with E-state index >= 15 is 0 Å². The first-order valence-electron chi connectivity index (χ1n) is 12.2. The number of hydrogen-bond donors (Lipinski definition) is 1. The van der Waals surface area contributed by atoms with Crippen molar-refractivity contribution < 1.29 is 9.53 Å². The number of ether oxygens (including phenoxy) is 1. The molecule has 0 saturated heterocycles. The minimum atomic E-state index is -0.243. The molecular formula is C31H29N3O2. The Morgan fingerprint density at radius 1 is 0.833 bits per heavy atom. The number of carbonyl (C=O) groups is 1. The minimum absolute atomic E-state index is 0.243. The Morgan fingerprint density at radius 2 is 1.56 bits per heavy atom. The maximum absolute atomic E-state index is 12.6. The molecule has 0 fully saturated rings. The zero-order valence-corrected chi connectivity index (χ0v) is 20.1. The Bertz CT molecular complexity index is 1330. The second-order valence-corrected chi connectivity index (χ2v) is 8.94. The van der Waals surface area contributed by atoms with E-state index in [0.717, 1.165) is 37.2 Å². The van der Waals surface area contributed by atoms with Gasteiger partial charge in [-0.25, -0.2) is 5.43 Å². The third-order valence-electron chi connectivity index (χ3n) is 6.36. The molecule has 0 spiro atoms. The van der Waals surface area contributed by atoms with Gasteiger partial charge in [-0.15, -0.1) is 0 Å². The summed E-state index contributed by atoms with van der Waals surface area (Å²) in [5.41, 5.74) is 9.14. The van der Waals surface area contributed by atoms with Gasteiger partial charge in [0.1, 0.15) is 12.4 Å². The van der Waals surface area contributed by atoms with E-state index in [1.807, 2.05) is 78.9 Å². The molecule has 0 aliphatic carbocycles. The molecule has 4 aromatic rings. The quantitative estimate of drug-likeness (QED) is 0.267. The van der Waals surface area contributed by atoms with Gasteiger partial charge in [-0.1, -0.05) is 78.9 Å². The van der Waals surface area contributed by atoms with E-state index in [1.165, 1.54) is 16.7 Å².